The lowest BCUT2D eigenvalue weighted by atomic mass is 9.73. The number of ketones is 1. The van der Waals surface area contributed by atoms with Crippen LogP contribution >= 0.6 is 17.2 Å². The molecule has 0 radical (unpaired) electrons. The molecule has 2 amide bonds. The number of anilines is 2. The average molecular weight is 1140 g/mol. The molecule has 1 unspecified atom stereocenters. The fourth-order valence-corrected chi connectivity index (χ4v) is 14.0. The lowest BCUT2D eigenvalue weighted by Gasteiger charge is -2.42. The first-order valence-electron chi connectivity index (χ1n) is 29.1. The van der Waals surface area contributed by atoms with E-state index in [1.165, 1.54) is 0 Å². The van der Waals surface area contributed by atoms with E-state index in [4.69, 9.17) is 32.1 Å². The molecule has 5 aromatic rings. The smallest absolute Gasteiger partial charge is 0.463 e. The number of hydrogen-bond donors (Lipinski definition) is 2. The standard InChI is InChI=1S/C66H72N4O10P2/c1-43-20-15-26-49(40-43)77-81(78-54-29-8-5-21-44(54)2)75-38-13-11-32-57(71)67-61-50-27-18-36-69-34-16-24-47(63(50)69)41-52(61)59-65(73)60(66(59)74)53-42-48-25-17-35-70-37-19-28-51(64(48)70)62(53)68-58(72)33-12-14-39-76-82(79-55-30-9-6-22-45(55)3)80-56-31-10-7-23-46(56)4/h5-10,15,20-23,26,29-31,40-42,73H,11-14,16-19,24-25,27-28,32-39H2,1-4H3,(H,67,71). The summed E-state index contributed by atoms with van der Waals surface area (Å²) in [6.07, 6.45) is 11.3. The number of unbranched alkanes of at least 4 members (excludes halogenated alkanes) is 2. The first-order valence-corrected chi connectivity index (χ1v) is 31.3. The molecule has 1 saturated heterocycles. The first-order chi connectivity index (χ1) is 40.0. The van der Waals surface area contributed by atoms with Gasteiger partial charge >= 0.3 is 17.2 Å². The Hall–Kier alpha value is -7.08. The third-order valence-corrected chi connectivity index (χ3v) is 18.1. The van der Waals surface area contributed by atoms with Gasteiger partial charge in [0.1, 0.15) is 28.8 Å². The van der Waals surface area contributed by atoms with Crippen LogP contribution in [0.5, 0.6) is 23.0 Å². The number of piperidine rings is 1. The molecule has 2 N–H and O–H groups in total. The Kier molecular flexibility index (Phi) is 18.0. The molecule has 0 aromatic heterocycles. The lowest BCUT2D eigenvalue weighted by Crippen LogP contribution is -2.38. The van der Waals surface area contributed by atoms with E-state index in [0.717, 1.165) is 127 Å². The number of benzene rings is 5. The third-order valence-electron chi connectivity index (χ3n) is 15.9. The van der Waals surface area contributed by atoms with Gasteiger partial charge in [0.25, 0.3) is 0 Å². The summed E-state index contributed by atoms with van der Waals surface area (Å²) in [7, 11) is -3.60. The van der Waals surface area contributed by atoms with Crippen molar-refractivity contribution < 1.29 is 46.6 Å². The highest BCUT2D eigenvalue weighted by molar-refractivity contribution is 7.42. The van der Waals surface area contributed by atoms with Gasteiger partial charge in [0, 0.05) is 67.1 Å². The van der Waals surface area contributed by atoms with Gasteiger partial charge in [-0.15, -0.1) is 0 Å². The van der Waals surface area contributed by atoms with Crippen LogP contribution in [0.4, 0.5) is 11.4 Å². The van der Waals surface area contributed by atoms with Crippen molar-refractivity contribution in [1.82, 2.24) is 4.90 Å². The Bertz CT molecular complexity index is 3390. The van der Waals surface area contributed by atoms with E-state index >= 15 is 4.79 Å². The molecule has 6 aliphatic rings. The normalized spacial score (nSPS) is 18.2. The quantitative estimate of drug-likeness (QED) is 0.0384. The van der Waals surface area contributed by atoms with Crippen LogP contribution in [0.25, 0.3) is 5.57 Å². The van der Waals surface area contributed by atoms with Crippen LogP contribution in [0, 0.1) is 27.7 Å². The predicted molar refractivity (Wildman–Crippen MR) is 324 cm³/mol. The van der Waals surface area contributed by atoms with Gasteiger partial charge in [0.15, 0.2) is 0 Å². The van der Waals surface area contributed by atoms with E-state index in [1.807, 2.05) is 137 Å². The summed E-state index contributed by atoms with van der Waals surface area (Å²) < 4.78 is 37.5. The van der Waals surface area contributed by atoms with Crippen LogP contribution in [0.15, 0.2) is 148 Å². The number of nitrogens with one attached hydrogen (secondary N) is 1. The molecule has 14 nitrogen and oxygen atoms in total. The Morgan fingerprint density at radius 3 is 1.85 bits per heavy atom. The van der Waals surface area contributed by atoms with Gasteiger partial charge in [-0.2, -0.15) is 0 Å². The molecule has 2 aliphatic carbocycles. The van der Waals surface area contributed by atoms with Gasteiger partial charge in [-0.05, 0) is 186 Å². The van der Waals surface area contributed by atoms with Gasteiger partial charge in [-0.3, -0.25) is 23.4 Å². The number of aliphatic hydroxyl groups excluding tert-OH is 1. The number of hydrogen-bond acceptors (Lipinski definition) is 12. The number of carbonyl (C=O) groups excluding carboxylic acids is 3. The molecule has 426 valence electrons. The van der Waals surface area contributed by atoms with Gasteiger partial charge in [-0.25, -0.2) is 4.99 Å². The maximum Gasteiger partial charge on any atom is 0.463 e. The molecule has 5 aromatic carbocycles. The second-order valence-corrected chi connectivity index (χ2v) is 24.1. The summed E-state index contributed by atoms with van der Waals surface area (Å²) >= 11 is 0. The predicted octanol–water partition coefficient (Wildman–Crippen LogP) is 14.9. The van der Waals surface area contributed by atoms with Crippen LogP contribution in [0.3, 0.4) is 0 Å². The highest BCUT2D eigenvalue weighted by Crippen LogP contribution is 2.51. The van der Waals surface area contributed by atoms with Gasteiger partial charge in [-0.1, -0.05) is 66.7 Å². The fraction of sp³-hybridized carbons (Fsp3) is 0.364. The van der Waals surface area contributed by atoms with Crippen molar-refractivity contribution in [2.75, 3.05) is 49.6 Å². The van der Waals surface area contributed by atoms with E-state index in [1.54, 1.807) is 0 Å². The number of aryl methyl sites for hydroxylation is 5. The van der Waals surface area contributed by atoms with E-state index in [2.05, 4.69) is 15.1 Å². The van der Waals surface area contributed by atoms with Crippen molar-refractivity contribution in [3.63, 3.8) is 0 Å². The molecule has 4 aliphatic heterocycles. The van der Waals surface area contributed by atoms with Crippen LogP contribution in [-0.2, 0) is 36.3 Å². The number of allylic oxidation sites excluding steroid dienone is 6. The Morgan fingerprint density at radius 2 is 1.22 bits per heavy atom. The largest absolute Gasteiger partial charge is 0.506 e. The third kappa shape index (κ3) is 12.8. The van der Waals surface area contributed by atoms with E-state index in [9.17, 15) is 14.7 Å². The molecule has 4 heterocycles. The number of Topliss-reactive ketones (excluding diaryl/α,β-unsaturated/α-hetero) is 1. The first kappa shape index (κ1) is 56.8. The number of amides is 2. The Labute approximate surface area is 483 Å². The fourth-order valence-electron chi connectivity index (χ4n) is 11.8. The van der Waals surface area contributed by atoms with Crippen molar-refractivity contribution in [3.05, 3.63) is 182 Å². The highest BCUT2D eigenvalue weighted by atomic mass is 31.2. The van der Waals surface area contributed by atoms with Crippen LogP contribution in [-0.4, -0.2) is 72.7 Å². The number of rotatable bonds is 22. The van der Waals surface area contributed by atoms with Gasteiger partial charge < -0.3 is 38.3 Å². The summed E-state index contributed by atoms with van der Waals surface area (Å²) in [6.45, 7) is 12.2. The number of para-hydroxylation sites is 3. The van der Waals surface area contributed by atoms with Crippen molar-refractivity contribution >= 4 is 57.5 Å². The summed E-state index contributed by atoms with van der Waals surface area (Å²) in [5, 5.41) is 15.7. The molecular formula is C66H72N4O10P2. The topological polar surface area (TPSA) is 158 Å². The van der Waals surface area contributed by atoms with E-state index in [-0.39, 0.29) is 47.3 Å². The van der Waals surface area contributed by atoms with Crippen molar-refractivity contribution in [3.8, 4) is 23.0 Å². The second kappa shape index (κ2) is 26.0. The maximum atomic E-state index is 15.1. The van der Waals surface area contributed by atoms with Crippen LogP contribution < -0.4 is 28.3 Å². The van der Waals surface area contributed by atoms with Crippen molar-refractivity contribution in [2.45, 2.75) is 118 Å². The molecule has 0 saturated carbocycles. The number of nitrogens with zero attached hydrogens (tertiary/aromatic N) is 3. The molecule has 82 heavy (non-hydrogen) atoms. The van der Waals surface area contributed by atoms with Gasteiger partial charge in [0.2, 0.25) is 17.6 Å². The highest BCUT2D eigenvalue weighted by Gasteiger charge is 2.44. The molecule has 0 spiro atoms. The Morgan fingerprint density at radius 1 is 0.634 bits per heavy atom. The van der Waals surface area contributed by atoms with Crippen molar-refractivity contribution in [1.29, 1.82) is 0 Å². The molecule has 11 rings (SSSR count). The van der Waals surface area contributed by atoms with E-state index in [0.29, 0.717) is 90.9 Å². The van der Waals surface area contributed by atoms with Gasteiger partial charge in [0.05, 0.1) is 35.8 Å². The minimum absolute atomic E-state index is 0.139. The van der Waals surface area contributed by atoms with E-state index < -0.39 is 17.2 Å². The summed E-state index contributed by atoms with van der Waals surface area (Å²) in [6, 6.07) is 33.0. The zero-order chi connectivity index (χ0) is 56.7. The zero-order valence-electron chi connectivity index (χ0n) is 47.4. The maximum absolute atomic E-state index is 15.1. The SMILES string of the molecule is Cc1cccc(OP(OCCCCC(=O)Nc2c(C3=C(O)C(=C4C=C5CCCN6CCCC(=C56)C4=NC(=O)CCCCOP(Oc4ccccc4C)Oc4ccccc4C)C3=O)cc3c4c2CCCN4CCC3)Oc2ccccc2C)c1. The Balaban J connectivity index is 0.814. The van der Waals surface area contributed by atoms with Crippen LogP contribution in [0.1, 0.15) is 116 Å². The number of aliphatic imine (C=N–C) groups is 1. The number of aliphatic hydroxyl groups is 1. The lowest BCUT2D eigenvalue weighted by molar-refractivity contribution is -0.118. The minimum Gasteiger partial charge on any atom is -0.506 e. The second-order valence-electron chi connectivity index (χ2n) is 21.9. The monoisotopic (exact) mass is 1140 g/mol. The average Bonchev–Trinajstić information content (AvgIpc) is 1.28. The molecule has 1 fully saturated rings. The van der Waals surface area contributed by atoms with Crippen LogP contribution in [0.2, 0.25) is 0 Å². The summed E-state index contributed by atoms with van der Waals surface area (Å²) in [5.41, 5.74) is 12.8. The molecule has 1 atom stereocenters. The molecular weight excluding hydrogens is 1070 g/mol. The summed E-state index contributed by atoms with van der Waals surface area (Å²) in [4.78, 5) is 53.0. The molecule has 0 bridgehead atoms. The summed E-state index contributed by atoms with van der Waals surface area (Å²) in [5.74, 6) is 1.73. The number of carbonyl (C=O) groups is 3. The van der Waals surface area contributed by atoms with Crippen molar-refractivity contribution in [2.24, 2.45) is 4.99 Å². The minimum atomic E-state index is -1.80. The molecule has 16 heteroatoms. The zero-order valence-corrected chi connectivity index (χ0v) is 49.2.